The van der Waals surface area contributed by atoms with Gasteiger partial charge in [0.2, 0.25) is 5.24 Å². The summed E-state index contributed by atoms with van der Waals surface area (Å²) in [7, 11) is 0. The summed E-state index contributed by atoms with van der Waals surface area (Å²) in [6.07, 6.45) is 6.88. The van der Waals surface area contributed by atoms with Crippen LogP contribution in [0.25, 0.3) is 0 Å². The van der Waals surface area contributed by atoms with Crippen LogP contribution in [-0.4, -0.2) is 5.24 Å². The summed E-state index contributed by atoms with van der Waals surface area (Å²) in [6.45, 7) is 6.42. The lowest BCUT2D eigenvalue weighted by Crippen LogP contribution is -2.17. The van der Waals surface area contributed by atoms with Gasteiger partial charge in [0, 0.05) is 5.92 Å². The Hall–Kier alpha value is -0.0400. The van der Waals surface area contributed by atoms with Crippen LogP contribution in [-0.2, 0) is 4.79 Å². The van der Waals surface area contributed by atoms with Crippen LogP contribution in [0.5, 0.6) is 0 Å². The standard InChI is InChI=1S/C12H23ClO/c1-4-6-7-8-9-11(12(13)14)10(3)5-2/h10-11H,4-9H2,1-3H3. The summed E-state index contributed by atoms with van der Waals surface area (Å²) < 4.78 is 0. The Morgan fingerprint density at radius 2 is 1.86 bits per heavy atom. The van der Waals surface area contributed by atoms with Crippen LogP contribution in [0.3, 0.4) is 0 Å². The minimum absolute atomic E-state index is 0.0820. The second kappa shape index (κ2) is 8.28. The van der Waals surface area contributed by atoms with Gasteiger partial charge in [-0.15, -0.1) is 0 Å². The van der Waals surface area contributed by atoms with Crippen LogP contribution in [0.2, 0.25) is 0 Å². The molecule has 0 spiro atoms. The second-order valence-electron chi connectivity index (χ2n) is 4.15. The Kier molecular flexibility index (Phi) is 8.26. The molecule has 0 amide bonds. The van der Waals surface area contributed by atoms with E-state index < -0.39 is 0 Å². The van der Waals surface area contributed by atoms with Gasteiger partial charge in [0.15, 0.2) is 0 Å². The molecule has 2 heteroatoms. The SMILES string of the molecule is CCCCCCC(C(=O)Cl)C(C)CC. The number of carbonyl (C=O) groups is 1. The van der Waals surface area contributed by atoms with Crippen LogP contribution < -0.4 is 0 Å². The Bertz CT molecular complexity index is 156. The van der Waals surface area contributed by atoms with Gasteiger partial charge in [-0.2, -0.15) is 0 Å². The maximum atomic E-state index is 11.2. The average Bonchev–Trinajstić information content (AvgIpc) is 2.16. The van der Waals surface area contributed by atoms with E-state index in [1.165, 1.54) is 19.3 Å². The van der Waals surface area contributed by atoms with Crippen LogP contribution >= 0.6 is 11.6 Å². The number of rotatable bonds is 8. The monoisotopic (exact) mass is 218 g/mol. The quantitative estimate of drug-likeness (QED) is 0.437. The van der Waals surface area contributed by atoms with Gasteiger partial charge in [0.05, 0.1) is 0 Å². The largest absolute Gasteiger partial charge is 0.281 e. The average molecular weight is 219 g/mol. The summed E-state index contributed by atoms with van der Waals surface area (Å²) in [5.41, 5.74) is 0. The molecule has 14 heavy (non-hydrogen) atoms. The van der Waals surface area contributed by atoms with Crippen molar-refractivity contribution in [2.24, 2.45) is 11.8 Å². The Morgan fingerprint density at radius 3 is 2.29 bits per heavy atom. The van der Waals surface area contributed by atoms with Crippen molar-refractivity contribution in [1.29, 1.82) is 0 Å². The molecule has 0 fully saturated rings. The molecule has 2 unspecified atom stereocenters. The normalized spacial score (nSPS) is 15.1. The topological polar surface area (TPSA) is 17.1 Å². The molecule has 0 bridgehead atoms. The predicted molar refractivity (Wildman–Crippen MR) is 62.6 cm³/mol. The van der Waals surface area contributed by atoms with Gasteiger partial charge >= 0.3 is 0 Å². The molecule has 0 saturated carbocycles. The Balaban J connectivity index is 3.80. The van der Waals surface area contributed by atoms with Crippen molar-refractivity contribution in [1.82, 2.24) is 0 Å². The molecule has 0 N–H and O–H groups in total. The van der Waals surface area contributed by atoms with Crippen LogP contribution in [0, 0.1) is 11.8 Å². The first-order chi connectivity index (χ1) is 6.63. The molecule has 1 nitrogen and oxygen atoms in total. The van der Waals surface area contributed by atoms with E-state index in [0.717, 1.165) is 19.3 Å². The molecular weight excluding hydrogens is 196 g/mol. The highest BCUT2D eigenvalue weighted by Crippen LogP contribution is 2.24. The molecule has 0 aromatic carbocycles. The maximum absolute atomic E-state index is 11.2. The van der Waals surface area contributed by atoms with Crippen molar-refractivity contribution in [2.45, 2.75) is 59.3 Å². The molecule has 0 radical (unpaired) electrons. The van der Waals surface area contributed by atoms with Crippen molar-refractivity contribution >= 4 is 16.8 Å². The molecule has 0 heterocycles. The molecule has 2 atom stereocenters. The first-order valence-corrected chi connectivity index (χ1v) is 6.20. The van der Waals surface area contributed by atoms with Crippen molar-refractivity contribution in [3.05, 3.63) is 0 Å². The number of halogens is 1. The summed E-state index contributed by atoms with van der Waals surface area (Å²) >= 11 is 5.59. The number of hydrogen-bond donors (Lipinski definition) is 0. The van der Waals surface area contributed by atoms with E-state index in [4.69, 9.17) is 11.6 Å². The van der Waals surface area contributed by atoms with E-state index in [1.54, 1.807) is 0 Å². The third-order valence-corrected chi connectivity index (χ3v) is 3.27. The third-order valence-electron chi connectivity index (χ3n) is 2.99. The molecule has 0 rings (SSSR count). The number of unbranched alkanes of at least 4 members (excludes halogenated alkanes) is 3. The van der Waals surface area contributed by atoms with Crippen molar-refractivity contribution < 1.29 is 4.79 Å². The van der Waals surface area contributed by atoms with Crippen molar-refractivity contribution in [3.8, 4) is 0 Å². The maximum Gasteiger partial charge on any atom is 0.224 e. The molecular formula is C12H23ClO. The smallest absolute Gasteiger partial charge is 0.224 e. The van der Waals surface area contributed by atoms with Crippen molar-refractivity contribution in [3.63, 3.8) is 0 Å². The minimum atomic E-state index is -0.143. The summed E-state index contributed by atoms with van der Waals surface area (Å²) in [6, 6.07) is 0. The van der Waals surface area contributed by atoms with Gasteiger partial charge in [-0.05, 0) is 23.9 Å². The molecule has 0 aromatic rings. The van der Waals surface area contributed by atoms with Crippen molar-refractivity contribution in [2.75, 3.05) is 0 Å². The summed E-state index contributed by atoms with van der Waals surface area (Å²) in [4.78, 5) is 11.2. The van der Waals surface area contributed by atoms with Gasteiger partial charge in [-0.3, -0.25) is 4.79 Å². The second-order valence-corrected chi connectivity index (χ2v) is 4.52. The summed E-state index contributed by atoms with van der Waals surface area (Å²) in [5.74, 6) is 0.514. The number of hydrogen-bond acceptors (Lipinski definition) is 1. The van der Waals surface area contributed by atoms with Crippen LogP contribution in [0.4, 0.5) is 0 Å². The fourth-order valence-electron chi connectivity index (χ4n) is 1.70. The lowest BCUT2D eigenvalue weighted by atomic mass is 9.88. The lowest BCUT2D eigenvalue weighted by molar-refractivity contribution is -0.116. The van der Waals surface area contributed by atoms with E-state index in [2.05, 4.69) is 20.8 Å². The molecule has 0 aliphatic rings. The van der Waals surface area contributed by atoms with E-state index in [0.29, 0.717) is 5.92 Å². The fraction of sp³-hybridized carbons (Fsp3) is 0.917. The third kappa shape index (κ3) is 5.64. The molecule has 0 aliphatic carbocycles. The van der Waals surface area contributed by atoms with E-state index in [1.807, 2.05) is 0 Å². The van der Waals surface area contributed by atoms with Gasteiger partial charge in [0.1, 0.15) is 0 Å². The molecule has 0 saturated heterocycles. The van der Waals surface area contributed by atoms with Crippen LogP contribution in [0.15, 0.2) is 0 Å². The van der Waals surface area contributed by atoms with Gasteiger partial charge in [0.25, 0.3) is 0 Å². The fourth-order valence-corrected chi connectivity index (χ4v) is 2.02. The summed E-state index contributed by atoms with van der Waals surface area (Å²) in [5, 5.41) is -0.143. The molecule has 0 aliphatic heterocycles. The van der Waals surface area contributed by atoms with Gasteiger partial charge in [-0.1, -0.05) is 52.9 Å². The first kappa shape index (κ1) is 14.0. The lowest BCUT2D eigenvalue weighted by Gasteiger charge is -2.18. The van der Waals surface area contributed by atoms with E-state index in [-0.39, 0.29) is 11.2 Å². The highest BCUT2D eigenvalue weighted by molar-refractivity contribution is 6.64. The number of carbonyl (C=O) groups excluding carboxylic acids is 1. The Labute approximate surface area is 93.2 Å². The Morgan fingerprint density at radius 1 is 1.21 bits per heavy atom. The molecule has 0 aromatic heterocycles. The highest BCUT2D eigenvalue weighted by atomic mass is 35.5. The first-order valence-electron chi connectivity index (χ1n) is 5.82. The molecule has 84 valence electrons. The zero-order chi connectivity index (χ0) is 11.0. The minimum Gasteiger partial charge on any atom is -0.281 e. The van der Waals surface area contributed by atoms with Gasteiger partial charge < -0.3 is 0 Å². The predicted octanol–water partition coefficient (Wildman–Crippen LogP) is 4.38. The van der Waals surface area contributed by atoms with E-state index in [9.17, 15) is 4.79 Å². The zero-order valence-electron chi connectivity index (χ0n) is 9.68. The van der Waals surface area contributed by atoms with E-state index >= 15 is 0 Å². The zero-order valence-corrected chi connectivity index (χ0v) is 10.4. The highest BCUT2D eigenvalue weighted by Gasteiger charge is 2.21. The van der Waals surface area contributed by atoms with Crippen LogP contribution in [0.1, 0.15) is 59.3 Å². The van der Waals surface area contributed by atoms with Gasteiger partial charge in [-0.25, -0.2) is 0 Å².